The minimum absolute atomic E-state index is 0.602. The van der Waals surface area contributed by atoms with E-state index in [9.17, 15) is 0 Å². The Bertz CT molecular complexity index is 494. The molecular formula is C12H15N3S. The molecule has 0 amide bonds. The highest BCUT2D eigenvalue weighted by Gasteiger charge is 2.23. The lowest BCUT2D eigenvalue weighted by Gasteiger charge is -2.17. The van der Waals surface area contributed by atoms with Crippen molar-refractivity contribution in [1.82, 2.24) is 10.2 Å². The number of aromatic nitrogens is 2. The van der Waals surface area contributed by atoms with Gasteiger partial charge in [-0.3, -0.25) is 5.10 Å². The van der Waals surface area contributed by atoms with E-state index in [0.29, 0.717) is 11.3 Å². The molecule has 84 valence electrons. The fourth-order valence-electron chi connectivity index (χ4n) is 2.16. The molecule has 1 aliphatic heterocycles. The van der Waals surface area contributed by atoms with Crippen LogP contribution in [0.5, 0.6) is 0 Å². The molecule has 0 aliphatic carbocycles. The van der Waals surface area contributed by atoms with Crippen LogP contribution in [0.1, 0.15) is 13.3 Å². The Morgan fingerprint density at radius 1 is 1.50 bits per heavy atom. The van der Waals surface area contributed by atoms with Gasteiger partial charge < -0.3 is 5.32 Å². The molecule has 2 aromatic rings. The summed E-state index contributed by atoms with van der Waals surface area (Å²) < 4.78 is 0. The molecular weight excluding hydrogens is 218 g/mol. The van der Waals surface area contributed by atoms with Crippen LogP contribution in [0.15, 0.2) is 24.4 Å². The minimum atomic E-state index is 0.602. The summed E-state index contributed by atoms with van der Waals surface area (Å²) in [5.41, 5.74) is 2.29. The highest BCUT2D eigenvalue weighted by molar-refractivity contribution is 8.00. The zero-order chi connectivity index (χ0) is 11.0. The van der Waals surface area contributed by atoms with E-state index < -0.39 is 0 Å². The van der Waals surface area contributed by atoms with Gasteiger partial charge in [-0.05, 0) is 30.4 Å². The second-order valence-corrected chi connectivity index (χ2v) is 5.77. The molecule has 3 nitrogen and oxygen atoms in total. The minimum Gasteiger partial charge on any atom is -0.381 e. The number of aromatic amines is 1. The van der Waals surface area contributed by atoms with E-state index >= 15 is 0 Å². The highest BCUT2D eigenvalue weighted by Crippen LogP contribution is 2.29. The highest BCUT2D eigenvalue weighted by atomic mass is 32.2. The molecule has 0 saturated carbocycles. The van der Waals surface area contributed by atoms with Gasteiger partial charge in [-0.15, -0.1) is 0 Å². The maximum absolute atomic E-state index is 4.03. The predicted octanol–water partition coefficient (Wildman–Crippen LogP) is 2.87. The molecule has 1 saturated heterocycles. The van der Waals surface area contributed by atoms with Crippen LogP contribution < -0.4 is 5.32 Å². The van der Waals surface area contributed by atoms with Gasteiger partial charge in [0, 0.05) is 22.4 Å². The molecule has 1 aromatic carbocycles. The van der Waals surface area contributed by atoms with E-state index in [1.165, 1.54) is 23.2 Å². The monoisotopic (exact) mass is 233 g/mol. The maximum Gasteiger partial charge on any atom is 0.0670 e. The molecule has 0 spiro atoms. The first kappa shape index (κ1) is 10.0. The lowest BCUT2D eigenvalue weighted by atomic mass is 10.1. The van der Waals surface area contributed by atoms with Crippen LogP contribution in [-0.4, -0.2) is 27.2 Å². The van der Waals surface area contributed by atoms with E-state index in [0.717, 1.165) is 5.52 Å². The molecule has 2 unspecified atom stereocenters. The van der Waals surface area contributed by atoms with Crippen molar-refractivity contribution in [3.05, 3.63) is 24.4 Å². The third kappa shape index (κ3) is 1.78. The lowest BCUT2D eigenvalue weighted by Crippen LogP contribution is -2.24. The van der Waals surface area contributed by atoms with Crippen LogP contribution in [0.2, 0.25) is 0 Å². The molecule has 1 aliphatic rings. The van der Waals surface area contributed by atoms with E-state index in [1.807, 2.05) is 18.0 Å². The van der Waals surface area contributed by atoms with Crippen LogP contribution in [-0.2, 0) is 0 Å². The summed E-state index contributed by atoms with van der Waals surface area (Å²) in [6, 6.07) is 6.98. The maximum atomic E-state index is 4.03. The number of rotatable bonds is 2. The molecule has 1 fully saturated rings. The van der Waals surface area contributed by atoms with Crippen molar-refractivity contribution in [2.45, 2.75) is 24.6 Å². The van der Waals surface area contributed by atoms with Crippen molar-refractivity contribution in [2.24, 2.45) is 0 Å². The summed E-state index contributed by atoms with van der Waals surface area (Å²) in [6.45, 7) is 2.30. The van der Waals surface area contributed by atoms with Gasteiger partial charge in [0.2, 0.25) is 0 Å². The average molecular weight is 233 g/mol. The second kappa shape index (κ2) is 4.01. The molecule has 0 radical (unpaired) electrons. The number of fused-ring (bicyclic) bond motifs is 1. The Hall–Kier alpha value is -1.16. The number of hydrogen-bond donors (Lipinski definition) is 2. The summed E-state index contributed by atoms with van der Waals surface area (Å²) in [5.74, 6) is 1.27. The summed E-state index contributed by atoms with van der Waals surface area (Å²) in [6.07, 6.45) is 3.11. The lowest BCUT2D eigenvalue weighted by molar-refractivity contribution is 0.724. The topological polar surface area (TPSA) is 40.7 Å². The fraction of sp³-hybridized carbons (Fsp3) is 0.417. The van der Waals surface area contributed by atoms with Gasteiger partial charge in [-0.1, -0.05) is 6.92 Å². The summed E-state index contributed by atoms with van der Waals surface area (Å²) in [5, 5.41) is 12.5. The van der Waals surface area contributed by atoms with Crippen molar-refractivity contribution >= 4 is 28.4 Å². The van der Waals surface area contributed by atoms with Crippen molar-refractivity contribution in [2.75, 3.05) is 11.1 Å². The van der Waals surface area contributed by atoms with Crippen LogP contribution >= 0.6 is 11.8 Å². The number of anilines is 1. The molecule has 2 heterocycles. The van der Waals surface area contributed by atoms with Crippen LogP contribution in [0.25, 0.3) is 10.9 Å². The fourth-order valence-corrected chi connectivity index (χ4v) is 3.36. The van der Waals surface area contributed by atoms with E-state index in [-0.39, 0.29) is 0 Å². The number of nitrogens with zero attached hydrogens (tertiary/aromatic N) is 1. The van der Waals surface area contributed by atoms with Crippen molar-refractivity contribution < 1.29 is 0 Å². The quantitative estimate of drug-likeness (QED) is 0.838. The van der Waals surface area contributed by atoms with Gasteiger partial charge in [0.25, 0.3) is 0 Å². The molecule has 4 heteroatoms. The largest absolute Gasteiger partial charge is 0.381 e. The first-order valence-corrected chi connectivity index (χ1v) is 6.69. The number of H-pyrrole nitrogens is 1. The third-order valence-corrected chi connectivity index (χ3v) is 4.50. The first-order chi connectivity index (χ1) is 7.83. The molecule has 16 heavy (non-hydrogen) atoms. The Morgan fingerprint density at radius 3 is 3.25 bits per heavy atom. The Morgan fingerprint density at radius 2 is 2.44 bits per heavy atom. The number of hydrogen-bond acceptors (Lipinski definition) is 3. The van der Waals surface area contributed by atoms with Gasteiger partial charge in [0.1, 0.15) is 0 Å². The Balaban J connectivity index is 1.83. The van der Waals surface area contributed by atoms with E-state index in [4.69, 9.17) is 0 Å². The van der Waals surface area contributed by atoms with Gasteiger partial charge in [0.05, 0.1) is 11.7 Å². The average Bonchev–Trinajstić information content (AvgIpc) is 2.88. The van der Waals surface area contributed by atoms with Crippen molar-refractivity contribution in [3.63, 3.8) is 0 Å². The predicted molar refractivity (Wildman–Crippen MR) is 70.0 cm³/mol. The zero-order valence-corrected chi connectivity index (χ0v) is 10.1. The summed E-state index contributed by atoms with van der Waals surface area (Å²) >= 11 is 2.05. The van der Waals surface area contributed by atoms with Gasteiger partial charge in [-0.2, -0.15) is 16.9 Å². The Kier molecular flexibility index (Phi) is 2.52. The van der Waals surface area contributed by atoms with Crippen LogP contribution in [0.3, 0.4) is 0 Å². The van der Waals surface area contributed by atoms with Crippen LogP contribution in [0.4, 0.5) is 5.69 Å². The third-order valence-electron chi connectivity index (χ3n) is 3.17. The molecule has 1 aromatic heterocycles. The molecule has 0 bridgehead atoms. The number of benzene rings is 1. The molecule has 2 N–H and O–H groups in total. The molecule has 3 rings (SSSR count). The number of nitrogens with one attached hydrogen (secondary N) is 2. The second-order valence-electron chi connectivity index (χ2n) is 4.29. The normalized spacial score (nSPS) is 25.1. The first-order valence-electron chi connectivity index (χ1n) is 5.64. The molecule has 2 atom stereocenters. The van der Waals surface area contributed by atoms with Crippen LogP contribution in [0, 0.1) is 0 Å². The van der Waals surface area contributed by atoms with E-state index in [2.05, 4.69) is 40.6 Å². The summed E-state index contributed by atoms with van der Waals surface area (Å²) in [7, 11) is 0. The summed E-state index contributed by atoms with van der Waals surface area (Å²) in [4.78, 5) is 0. The van der Waals surface area contributed by atoms with Gasteiger partial charge >= 0.3 is 0 Å². The van der Waals surface area contributed by atoms with E-state index in [1.54, 1.807) is 0 Å². The smallest absolute Gasteiger partial charge is 0.0670 e. The van der Waals surface area contributed by atoms with Gasteiger partial charge in [-0.25, -0.2) is 0 Å². The van der Waals surface area contributed by atoms with Crippen molar-refractivity contribution in [1.29, 1.82) is 0 Å². The van der Waals surface area contributed by atoms with Gasteiger partial charge in [0.15, 0.2) is 0 Å². The number of thioether (sulfide) groups is 1. The standard InChI is InChI=1S/C12H15N3S/c1-8-11(4-5-16-8)14-10-3-2-9-7-13-15-12(9)6-10/h2-3,6-8,11,14H,4-5H2,1H3,(H,13,15). The Labute approximate surface area is 99.0 Å². The SMILES string of the molecule is CC1SCCC1Nc1ccc2cn[nH]c2c1. The van der Waals surface area contributed by atoms with Crippen molar-refractivity contribution in [3.8, 4) is 0 Å². The zero-order valence-electron chi connectivity index (χ0n) is 9.23.